The lowest BCUT2D eigenvalue weighted by Crippen LogP contribution is -1.92. The third kappa shape index (κ3) is 2.75. The molecule has 1 aromatic carbocycles. The summed E-state index contributed by atoms with van der Waals surface area (Å²) in [6, 6.07) is 5.16. The van der Waals surface area contributed by atoms with Gasteiger partial charge < -0.3 is 5.73 Å². The van der Waals surface area contributed by atoms with E-state index in [1.807, 2.05) is 0 Å². The molecule has 1 rings (SSSR count). The Labute approximate surface area is 81.5 Å². The molecule has 0 amide bonds. The van der Waals surface area contributed by atoms with Crippen LogP contribution >= 0.6 is 23.2 Å². The van der Waals surface area contributed by atoms with Gasteiger partial charge in [0, 0.05) is 15.6 Å². The zero-order valence-electron chi connectivity index (χ0n) is 6.27. The van der Waals surface area contributed by atoms with Crippen molar-refractivity contribution in [3.05, 3.63) is 33.8 Å². The number of benzene rings is 1. The maximum atomic E-state index is 5.75. The van der Waals surface area contributed by atoms with Crippen LogP contribution in [-0.4, -0.2) is 6.54 Å². The van der Waals surface area contributed by atoms with Crippen LogP contribution in [-0.2, 0) is 0 Å². The Morgan fingerprint density at radius 1 is 1.17 bits per heavy atom. The van der Waals surface area contributed by atoms with Gasteiger partial charge in [-0.05, 0) is 18.2 Å². The van der Waals surface area contributed by atoms with Crippen LogP contribution in [0, 0.1) is 11.8 Å². The van der Waals surface area contributed by atoms with Crippen LogP contribution in [0.3, 0.4) is 0 Å². The largest absolute Gasteiger partial charge is 0.320 e. The van der Waals surface area contributed by atoms with E-state index in [9.17, 15) is 0 Å². The second-order valence-corrected chi connectivity index (χ2v) is 3.04. The minimum Gasteiger partial charge on any atom is -0.320 e. The zero-order chi connectivity index (χ0) is 8.97. The van der Waals surface area contributed by atoms with E-state index in [2.05, 4.69) is 11.8 Å². The van der Waals surface area contributed by atoms with E-state index >= 15 is 0 Å². The fraction of sp³-hybridized carbons (Fsp3) is 0.111. The Morgan fingerprint density at radius 3 is 2.25 bits per heavy atom. The van der Waals surface area contributed by atoms with Crippen molar-refractivity contribution in [1.82, 2.24) is 0 Å². The highest BCUT2D eigenvalue weighted by Crippen LogP contribution is 2.18. The molecule has 0 fully saturated rings. The molecule has 0 atom stereocenters. The van der Waals surface area contributed by atoms with Crippen molar-refractivity contribution in [2.24, 2.45) is 5.73 Å². The normalized spacial score (nSPS) is 8.92. The second kappa shape index (κ2) is 4.37. The van der Waals surface area contributed by atoms with Crippen molar-refractivity contribution in [3.8, 4) is 11.8 Å². The first-order valence-electron chi connectivity index (χ1n) is 3.37. The Bertz CT molecular complexity index is 316. The van der Waals surface area contributed by atoms with Gasteiger partial charge in [0.25, 0.3) is 0 Å². The van der Waals surface area contributed by atoms with Gasteiger partial charge in [-0.15, -0.1) is 0 Å². The fourth-order valence-corrected chi connectivity index (χ4v) is 1.31. The van der Waals surface area contributed by atoms with Gasteiger partial charge in [0.15, 0.2) is 0 Å². The zero-order valence-corrected chi connectivity index (χ0v) is 7.78. The standard InChI is InChI=1S/C9H7Cl2N/c10-8-4-7(2-1-3-12)5-9(11)6-8/h4-6H,3,12H2. The van der Waals surface area contributed by atoms with Gasteiger partial charge in [-0.25, -0.2) is 0 Å². The van der Waals surface area contributed by atoms with Crippen LogP contribution in [0.15, 0.2) is 18.2 Å². The highest BCUT2D eigenvalue weighted by Gasteiger charge is 1.93. The number of rotatable bonds is 0. The van der Waals surface area contributed by atoms with Crippen LogP contribution in [0.4, 0.5) is 0 Å². The molecule has 0 spiro atoms. The molecular formula is C9H7Cl2N. The average Bonchev–Trinajstić information content (AvgIpc) is 1.99. The third-order valence-electron chi connectivity index (χ3n) is 1.20. The number of hydrogen-bond acceptors (Lipinski definition) is 1. The first kappa shape index (κ1) is 9.41. The van der Waals surface area contributed by atoms with Gasteiger partial charge in [-0.3, -0.25) is 0 Å². The summed E-state index contributed by atoms with van der Waals surface area (Å²) in [4.78, 5) is 0. The van der Waals surface area contributed by atoms with Crippen molar-refractivity contribution < 1.29 is 0 Å². The van der Waals surface area contributed by atoms with Crippen LogP contribution in [0.25, 0.3) is 0 Å². The summed E-state index contributed by atoms with van der Waals surface area (Å²) >= 11 is 11.5. The quantitative estimate of drug-likeness (QED) is 0.639. The van der Waals surface area contributed by atoms with E-state index in [0.717, 1.165) is 5.56 Å². The molecule has 1 nitrogen and oxygen atoms in total. The first-order valence-corrected chi connectivity index (χ1v) is 4.13. The van der Waals surface area contributed by atoms with E-state index in [-0.39, 0.29) is 0 Å². The SMILES string of the molecule is NCC#Cc1cc(Cl)cc(Cl)c1. The summed E-state index contributed by atoms with van der Waals surface area (Å²) in [6.07, 6.45) is 0. The molecule has 0 saturated heterocycles. The molecule has 0 unspecified atom stereocenters. The van der Waals surface area contributed by atoms with E-state index in [1.54, 1.807) is 18.2 Å². The predicted molar refractivity (Wildman–Crippen MR) is 52.4 cm³/mol. The smallest absolute Gasteiger partial charge is 0.0555 e. The highest BCUT2D eigenvalue weighted by molar-refractivity contribution is 6.34. The number of hydrogen-bond donors (Lipinski definition) is 1. The molecule has 12 heavy (non-hydrogen) atoms. The molecule has 3 heteroatoms. The van der Waals surface area contributed by atoms with Crippen LogP contribution < -0.4 is 5.73 Å². The van der Waals surface area contributed by atoms with E-state index in [1.165, 1.54) is 0 Å². The Kier molecular flexibility index (Phi) is 3.43. The van der Waals surface area contributed by atoms with Crippen molar-refractivity contribution in [2.45, 2.75) is 0 Å². The van der Waals surface area contributed by atoms with Crippen LogP contribution in [0.5, 0.6) is 0 Å². The number of nitrogens with two attached hydrogens (primary N) is 1. The summed E-state index contributed by atoms with van der Waals surface area (Å²) in [6.45, 7) is 0.337. The topological polar surface area (TPSA) is 26.0 Å². The summed E-state index contributed by atoms with van der Waals surface area (Å²) in [5.74, 6) is 5.56. The van der Waals surface area contributed by atoms with Gasteiger partial charge in [-0.1, -0.05) is 35.0 Å². The molecule has 0 heterocycles. The highest BCUT2D eigenvalue weighted by atomic mass is 35.5. The van der Waals surface area contributed by atoms with Crippen molar-refractivity contribution >= 4 is 23.2 Å². The molecule has 0 saturated carbocycles. The lowest BCUT2D eigenvalue weighted by Gasteiger charge is -1.93. The predicted octanol–water partition coefficient (Wildman–Crippen LogP) is 2.30. The van der Waals surface area contributed by atoms with Gasteiger partial charge in [0.05, 0.1) is 6.54 Å². The Balaban J connectivity index is 3.01. The fourth-order valence-electron chi connectivity index (χ4n) is 0.779. The maximum Gasteiger partial charge on any atom is 0.0555 e. The van der Waals surface area contributed by atoms with Crippen LogP contribution in [0.2, 0.25) is 10.0 Å². The van der Waals surface area contributed by atoms with E-state index in [0.29, 0.717) is 16.6 Å². The third-order valence-corrected chi connectivity index (χ3v) is 1.63. The van der Waals surface area contributed by atoms with Crippen molar-refractivity contribution in [1.29, 1.82) is 0 Å². The minimum atomic E-state index is 0.337. The maximum absolute atomic E-state index is 5.75. The lowest BCUT2D eigenvalue weighted by molar-refractivity contribution is 1.30. The summed E-state index contributed by atoms with van der Waals surface area (Å²) < 4.78 is 0. The molecule has 0 radical (unpaired) electrons. The average molecular weight is 200 g/mol. The monoisotopic (exact) mass is 199 g/mol. The van der Waals surface area contributed by atoms with Gasteiger partial charge >= 0.3 is 0 Å². The molecule has 0 aliphatic rings. The van der Waals surface area contributed by atoms with E-state index in [4.69, 9.17) is 28.9 Å². The van der Waals surface area contributed by atoms with Gasteiger partial charge in [0.2, 0.25) is 0 Å². The number of halogens is 2. The second-order valence-electron chi connectivity index (χ2n) is 2.16. The van der Waals surface area contributed by atoms with Gasteiger partial charge in [-0.2, -0.15) is 0 Å². The molecule has 2 N–H and O–H groups in total. The summed E-state index contributed by atoms with van der Waals surface area (Å²) in [5.41, 5.74) is 6.00. The molecule has 0 bridgehead atoms. The Hall–Kier alpha value is -0.680. The summed E-state index contributed by atoms with van der Waals surface area (Å²) in [7, 11) is 0. The first-order chi connectivity index (χ1) is 5.72. The molecule has 0 aliphatic carbocycles. The van der Waals surface area contributed by atoms with Crippen molar-refractivity contribution in [2.75, 3.05) is 6.54 Å². The van der Waals surface area contributed by atoms with Crippen LogP contribution in [0.1, 0.15) is 5.56 Å². The minimum absolute atomic E-state index is 0.337. The molecule has 62 valence electrons. The molecule has 1 aromatic rings. The summed E-state index contributed by atoms with van der Waals surface area (Å²) in [5, 5.41) is 1.17. The molecule has 0 aromatic heterocycles. The van der Waals surface area contributed by atoms with Gasteiger partial charge in [0.1, 0.15) is 0 Å². The molecule has 0 aliphatic heterocycles. The Morgan fingerprint density at radius 2 is 1.75 bits per heavy atom. The molecular weight excluding hydrogens is 193 g/mol. The lowest BCUT2D eigenvalue weighted by atomic mass is 10.2. The van der Waals surface area contributed by atoms with E-state index < -0.39 is 0 Å². The van der Waals surface area contributed by atoms with Crippen molar-refractivity contribution in [3.63, 3.8) is 0 Å².